The minimum Gasteiger partial charge on any atom is -0.0771 e. The van der Waals surface area contributed by atoms with Crippen molar-refractivity contribution in [2.24, 2.45) is 11.3 Å². The van der Waals surface area contributed by atoms with E-state index in [1.165, 1.54) is 27.8 Å². The highest BCUT2D eigenvalue weighted by Gasteiger charge is 2.42. The molecule has 0 bridgehead atoms. The molecule has 0 aliphatic heterocycles. The first-order valence-corrected chi connectivity index (χ1v) is 8.14. The molecule has 110 valence electrons. The summed E-state index contributed by atoms with van der Waals surface area (Å²) in [5.41, 5.74) is 7.44. The summed E-state index contributed by atoms with van der Waals surface area (Å²) in [5.74, 6) is 0.952. The topological polar surface area (TPSA) is 0 Å². The Bertz CT molecular complexity index is 777. The first-order chi connectivity index (χ1) is 10.6. The molecule has 1 atom stereocenters. The van der Waals surface area contributed by atoms with Gasteiger partial charge in [0.2, 0.25) is 0 Å². The van der Waals surface area contributed by atoms with Gasteiger partial charge in [-0.15, -0.1) is 0 Å². The number of benzene rings is 2. The molecule has 0 radical (unpaired) electrons. The van der Waals surface area contributed by atoms with Gasteiger partial charge in [0.1, 0.15) is 0 Å². The van der Waals surface area contributed by atoms with Crippen molar-refractivity contribution in [2.75, 3.05) is 0 Å². The summed E-state index contributed by atoms with van der Waals surface area (Å²) in [7, 11) is 0. The zero-order chi connectivity index (χ0) is 15.3. The van der Waals surface area contributed by atoms with Crippen LogP contribution in [0, 0.1) is 18.3 Å². The van der Waals surface area contributed by atoms with E-state index in [0.717, 1.165) is 0 Å². The quantitative estimate of drug-likeness (QED) is 0.647. The standard InChI is InChI=1S/C22H22/c1-15-9-8-14-19-20(15)17-12-6-7-13-18(17)21(19)22(2,3)16-10-4-5-11-16/h4-14,16,21H,1-3H3. The lowest BCUT2D eigenvalue weighted by Gasteiger charge is -2.37. The Kier molecular flexibility index (Phi) is 2.91. The highest BCUT2D eigenvalue weighted by atomic mass is 14.5. The molecule has 22 heavy (non-hydrogen) atoms. The lowest BCUT2D eigenvalue weighted by Crippen LogP contribution is -2.28. The number of fused-ring (bicyclic) bond motifs is 3. The van der Waals surface area contributed by atoms with E-state index in [0.29, 0.717) is 11.8 Å². The van der Waals surface area contributed by atoms with Gasteiger partial charge < -0.3 is 0 Å². The number of allylic oxidation sites excluding steroid dienone is 4. The van der Waals surface area contributed by atoms with Crippen LogP contribution in [-0.4, -0.2) is 0 Å². The first-order valence-electron chi connectivity index (χ1n) is 8.14. The average Bonchev–Trinajstić information content (AvgIpc) is 3.14. The van der Waals surface area contributed by atoms with Crippen molar-refractivity contribution in [3.63, 3.8) is 0 Å². The molecule has 0 heterocycles. The van der Waals surface area contributed by atoms with Crippen molar-refractivity contribution in [3.8, 4) is 11.1 Å². The first kappa shape index (κ1) is 13.6. The van der Waals surface area contributed by atoms with E-state index in [2.05, 4.69) is 87.5 Å². The van der Waals surface area contributed by atoms with Crippen LogP contribution in [-0.2, 0) is 0 Å². The maximum Gasteiger partial charge on any atom is 0.0161 e. The monoisotopic (exact) mass is 286 g/mol. The largest absolute Gasteiger partial charge is 0.0771 e. The maximum atomic E-state index is 2.41. The molecular formula is C22H22. The molecule has 4 rings (SSSR count). The Labute approximate surface area is 133 Å². The summed E-state index contributed by atoms with van der Waals surface area (Å²) >= 11 is 0. The SMILES string of the molecule is Cc1cccc2c1-c1ccccc1C2C(C)(C)C1C=CC=C1. The van der Waals surface area contributed by atoms with E-state index in [1.54, 1.807) is 0 Å². The second-order valence-electron chi connectivity index (χ2n) is 7.18. The van der Waals surface area contributed by atoms with E-state index >= 15 is 0 Å². The van der Waals surface area contributed by atoms with Crippen LogP contribution in [0.1, 0.15) is 36.5 Å². The van der Waals surface area contributed by atoms with E-state index in [4.69, 9.17) is 0 Å². The molecule has 0 amide bonds. The molecule has 0 heteroatoms. The molecule has 0 N–H and O–H groups in total. The van der Waals surface area contributed by atoms with Crippen LogP contribution in [0.15, 0.2) is 66.8 Å². The molecule has 0 spiro atoms. The van der Waals surface area contributed by atoms with Gasteiger partial charge in [-0.05, 0) is 40.2 Å². The van der Waals surface area contributed by atoms with Crippen LogP contribution in [0.3, 0.4) is 0 Å². The second kappa shape index (κ2) is 4.71. The number of aryl methyl sites for hydroxylation is 1. The Hall–Kier alpha value is -2.08. The predicted molar refractivity (Wildman–Crippen MR) is 94.0 cm³/mol. The van der Waals surface area contributed by atoms with Crippen molar-refractivity contribution >= 4 is 0 Å². The molecular weight excluding hydrogens is 264 g/mol. The zero-order valence-electron chi connectivity index (χ0n) is 13.5. The van der Waals surface area contributed by atoms with E-state index in [1.807, 2.05) is 0 Å². The Morgan fingerprint density at radius 3 is 2.27 bits per heavy atom. The third kappa shape index (κ3) is 1.76. The molecule has 2 aliphatic rings. The van der Waals surface area contributed by atoms with Crippen LogP contribution in [0.4, 0.5) is 0 Å². The van der Waals surface area contributed by atoms with E-state index in [-0.39, 0.29) is 5.41 Å². The van der Waals surface area contributed by atoms with Crippen molar-refractivity contribution in [1.82, 2.24) is 0 Å². The molecule has 1 unspecified atom stereocenters. The molecule has 0 nitrogen and oxygen atoms in total. The van der Waals surface area contributed by atoms with Gasteiger partial charge in [-0.3, -0.25) is 0 Å². The van der Waals surface area contributed by atoms with Gasteiger partial charge in [-0.25, -0.2) is 0 Å². The fourth-order valence-electron chi connectivity index (χ4n) is 4.36. The molecule has 0 aromatic heterocycles. The van der Waals surface area contributed by atoms with Crippen molar-refractivity contribution in [1.29, 1.82) is 0 Å². The molecule has 0 saturated heterocycles. The van der Waals surface area contributed by atoms with Gasteiger partial charge >= 0.3 is 0 Å². The molecule has 2 aliphatic carbocycles. The Balaban J connectivity index is 1.96. The van der Waals surface area contributed by atoms with E-state index < -0.39 is 0 Å². The highest BCUT2D eigenvalue weighted by Crippen LogP contribution is 2.56. The van der Waals surface area contributed by atoms with Crippen molar-refractivity contribution < 1.29 is 0 Å². The van der Waals surface area contributed by atoms with Crippen molar-refractivity contribution in [3.05, 3.63) is 83.5 Å². The number of rotatable bonds is 2. The van der Waals surface area contributed by atoms with Gasteiger partial charge in [0.15, 0.2) is 0 Å². The smallest absolute Gasteiger partial charge is 0.0161 e. The average molecular weight is 286 g/mol. The summed E-state index contributed by atoms with van der Waals surface area (Å²) in [4.78, 5) is 0. The van der Waals surface area contributed by atoms with Crippen LogP contribution < -0.4 is 0 Å². The van der Waals surface area contributed by atoms with Gasteiger partial charge in [-0.2, -0.15) is 0 Å². The Morgan fingerprint density at radius 2 is 1.50 bits per heavy atom. The third-order valence-electron chi connectivity index (χ3n) is 5.51. The van der Waals surface area contributed by atoms with Gasteiger partial charge in [0.05, 0.1) is 0 Å². The predicted octanol–water partition coefficient (Wildman–Crippen LogP) is 5.88. The molecule has 2 aromatic rings. The fourth-order valence-corrected chi connectivity index (χ4v) is 4.36. The third-order valence-corrected chi connectivity index (χ3v) is 5.51. The minimum absolute atomic E-state index is 0.165. The van der Waals surface area contributed by atoms with Gasteiger partial charge in [0.25, 0.3) is 0 Å². The molecule has 2 aromatic carbocycles. The van der Waals surface area contributed by atoms with Gasteiger partial charge in [-0.1, -0.05) is 80.6 Å². The Morgan fingerprint density at radius 1 is 0.818 bits per heavy atom. The normalized spacial score (nSPS) is 19.5. The number of hydrogen-bond donors (Lipinski definition) is 0. The van der Waals surface area contributed by atoms with Crippen LogP contribution >= 0.6 is 0 Å². The summed E-state index contributed by atoms with van der Waals surface area (Å²) < 4.78 is 0. The summed E-state index contributed by atoms with van der Waals surface area (Å²) in [5, 5.41) is 0. The van der Waals surface area contributed by atoms with Crippen molar-refractivity contribution in [2.45, 2.75) is 26.7 Å². The summed E-state index contributed by atoms with van der Waals surface area (Å²) in [6.45, 7) is 7.06. The maximum absolute atomic E-state index is 2.41. The lowest BCUT2D eigenvalue weighted by molar-refractivity contribution is 0.267. The lowest BCUT2D eigenvalue weighted by atomic mass is 9.66. The summed E-state index contributed by atoms with van der Waals surface area (Å²) in [6.07, 6.45) is 9.06. The van der Waals surface area contributed by atoms with Crippen LogP contribution in [0.2, 0.25) is 0 Å². The highest BCUT2D eigenvalue weighted by molar-refractivity contribution is 5.81. The number of hydrogen-bond acceptors (Lipinski definition) is 0. The van der Waals surface area contributed by atoms with Crippen LogP contribution in [0.5, 0.6) is 0 Å². The molecule has 0 saturated carbocycles. The summed E-state index contributed by atoms with van der Waals surface area (Å²) in [6, 6.07) is 15.7. The minimum atomic E-state index is 0.165. The van der Waals surface area contributed by atoms with E-state index in [9.17, 15) is 0 Å². The zero-order valence-corrected chi connectivity index (χ0v) is 13.5. The van der Waals surface area contributed by atoms with Crippen LogP contribution in [0.25, 0.3) is 11.1 Å². The molecule has 0 fully saturated rings. The van der Waals surface area contributed by atoms with Gasteiger partial charge in [0, 0.05) is 11.8 Å². The second-order valence-corrected chi connectivity index (χ2v) is 7.18. The fraction of sp³-hybridized carbons (Fsp3) is 0.273.